The first-order valence-corrected chi connectivity index (χ1v) is 10.4. The van der Waals surface area contributed by atoms with Gasteiger partial charge in [0.1, 0.15) is 0 Å². The molecule has 1 aromatic carbocycles. The fourth-order valence-electron chi connectivity index (χ4n) is 2.81. The van der Waals surface area contributed by atoms with Gasteiger partial charge < -0.3 is 20.7 Å². The molecule has 1 aromatic rings. The summed E-state index contributed by atoms with van der Waals surface area (Å²) >= 11 is 0. The smallest absolute Gasteiger partial charge is 0.224 e. The Balaban J connectivity index is 0.00000338. The lowest BCUT2D eigenvalue weighted by molar-refractivity contribution is -0.116. The Bertz CT molecular complexity index is 691. The van der Waals surface area contributed by atoms with E-state index in [1.807, 2.05) is 0 Å². The Hall–Kier alpha value is -1.35. The molecule has 1 saturated heterocycles. The Morgan fingerprint density at radius 3 is 2.73 bits per heavy atom. The third-order valence-corrected chi connectivity index (χ3v) is 5.37. The van der Waals surface area contributed by atoms with Gasteiger partial charge in [-0.15, -0.1) is 12.4 Å². The molecule has 9 heteroatoms. The predicted octanol–water partition coefficient (Wildman–Crippen LogP) is 1.90. The van der Waals surface area contributed by atoms with E-state index in [1.165, 1.54) is 12.1 Å². The van der Waals surface area contributed by atoms with Crippen molar-refractivity contribution in [1.29, 1.82) is 0 Å². The zero-order valence-electron chi connectivity index (χ0n) is 15.2. The fourth-order valence-corrected chi connectivity index (χ4v) is 3.46. The van der Waals surface area contributed by atoms with Crippen LogP contribution in [0.25, 0.3) is 0 Å². The standard InChI is InChI=1S/C17H27N3O4S.ClH/c1-24-10-9-19-15-5-4-14(25(2,22)23)11-16(15)20-17(21)6-3-13-7-8-18-12-13;/h4-5,11,13,18-19H,3,6-10,12H2,1-2H3,(H,20,21);1H. The van der Waals surface area contributed by atoms with Gasteiger partial charge in [0.25, 0.3) is 0 Å². The molecule has 0 aliphatic carbocycles. The number of amides is 1. The molecule has 1 aliphatic rings. The number of halogens is 1. The van der Waals surface area contributed by atoms with Crippen molar-refractivity contribution in [1.82, 2.24) is 5.32 Å². The quantitative estimate of drug-likeness (QED) is 0.543. The van der Waals surface area contributed by atoms with Gasteiger partial charge in [-0.25, -0.2) is 8.42 Å². The second kappa shape index (κ2) is 10.7. The van der Waals surface area contributed by atoms with Gasteiger partial charge in [-0.3, -0.25) is 4.79 Å². The van der Waals surface area contributed by atoms with Crippen LogP contribution >= 0.6 is 12.4 Å². The molecule has 7 nitrogen and oxygen atoms in total. The van der Waals surface area contributed by atoms with Gasteiger partial charge in [-0.05, 0) is 50.0 Å². The van der Waals surface area contributed by atoms with Crippen LogP contribution in [0.5, 0.6) is 0 Å². The molecule has 0 bridgehead atoms. The number of ether oxygens (including phenoxy) is 1. The molecule has 2 rings (SSSR count). The average Bonchev–Trinajstić information content (AvgIpc) is 3.07. The molecular formula is C17H28ClN3O4S. The van der Waals surface area contributed by atoms with E-state index in [9.17, 15) is 13.2 Å². The molecular weight excluding hydrogens is 378 g/mol. The van der Waals surface area contributed by atoms with E-state index < -0.39 is 9.84 Å². The summed E-state index contributed by atoms with van der Waals surface area (Å²) in [5, 5.41) is 9.29. The first kappa shape index (κ1) is 22.7. The van der Waals surface area contributed by atoms with E-state index in [2.05, 4.69) is 16.0 Å². The van der Waals surface area contributed by atoms with Crippen LogP contribution in [0.4, 0.5) is 11.4 Å². The number of hydrogen-bond donors (Lipinski definition) is 3. The average molecular weight is 406 g/mol. The minimum Gasteiger partial charge on any atom is -0.383 e. The number of anilines is 2. The minimum absolute atomic E-state index is 0. The maximum atomic E-state index is 12.3. The first-order chi connectivity index (χ1) is 11.9. The highest BCUT2D eigenvalue weighted by molar-refractivity contribution is 7.90. The summed E-state index contributed by atoms with van der Waals surface area (Å²) in [4.78, 5) is 12.5. The lowest BCUT2D eigenvalue weighted by Gasteiger charge is -2.15. The van der Waals surface area contributed by atoms with Crippen LogP contribution in [-0.4, -0.2) is 53.9 Å². The summed E-state index contributed by atoms with van der Waals surface area (Å²) in [6.07, 6.45) is 3.50. The Morgan fingerprint density at radius 2 is 2.12 bits per heavy atom. The monoisotopic (exact) mass is 405 g/mol. The lowest BCUT2D eigenvalue weighted by atomic mass is 10.0. The number of benzene rings is 1. The fraction of sp³-hybridized carbons (Fsp3) is 0.588. The van der Waals surface area contributed by atoms with Gasteiger partial charge in [0.05, 0.1) is 22.9 Å². The highest BCUT2D eigenvalue weighted by Gasteiger charge is 2.17. The van der Waals surface area contributed by atoms with Crippen molar-refractivity contribution >= 4 is 39.5 Å². The molecule has 3 N–H and O–H groups in total. The number of methoxy groups -OCH3 is 1. The van der Waals surface area contributed by atoms with Crippen molar-refractivity contribution in [3.63, 3.8) is 0 Å². The largest absolute Gasteiger partial charge is 0.383 e. The van der Waals surface area contributed by atoms with Gasteiger partial charge in [0.2, 0.25) is 5.91 Å². The van der Waals surface area contributed by atoms with E-state index in [0.717, 1.165) is 32.2 Å². The summed E-state index contributed by atoms with van der Waals surface area (Å²) in [6, 6.07) is 4.70. The van der Waals surface area contributed by atoms with Gasteiger partial charge in [-0.1, -0.05) is 0 Å². The van der Waals surface area contributed by atoms with E-state index in [4.69, 9.17) is 4.74 Å². The van der Waals surface area contributed by atoms with Crippen LogP contribution in [0.1, 0.15) is 19.3 Å². The van der Waals surface area contributed by atoms with Crippen molar-refractivity contribution in [3.05, 3.63) is 18.2 Å². The highest BCUT2D eigenvalue weighted by atomic mass is 35.5. The first-order valence-electron chi connectivity index (χ1n) is 8.47. The second-order valence-corrected chi connectivity index (χ2v) is 8.36. The molecule has 1 unspecified atom stereocenters. The molecule has 1 fully saturated rings. The van der Waals surface area contributed by atoms with Crippen molar-refractivity contribution in [2.24, 2.45) is 5.92 Å². The van der Waals surface area contributed by atoms with Crippen LogP contribution in [0.3, 0.4) is 0 Å². The van der Waals surface area contributed by atoms with Gasteiger partial charge in [0, 0.05) is 26.3 Å². The Kier molecular flexibility index (Phi) is 9.35. The topological polar surface area (TPSA) is 96.5 Å². The summed E-state index contributed by atoms with van der Waals surface area (Å²) in [6.45, 7) is 3.04. The van der Waals surface area contributed by atoms with E-state index in [1.54, 1.807) is 13.2 Å². The number of sulfone groups is 1. The summed E-state index contributed by atoms with van der Waals surface area (Å²) in [5.74, 6) is 0.430. The number of carbonyl (C=O) groups excluding carboxylic acids is 1. The van der Waals surface area contributed by atoms with Crippen LogP contribution in [0.15, 0.2) is 23.1 Å². The van der Waals surface area contributed by atoms with Crippen molar-refractivity contribution < 1.29 is 17.9 Å². The van der Waals surface area contributed by atoms with Crippen LogP contribution in [-0.2, 0) is 19.4 Å². The molecule has 0 spiro atoms. The molecule has 26 heavy (non-hydrogen) atoms. The highest BCUT2D eigenvalue weighted by Crippen LogP contribution is 2.26. The lowest BCUT2D eigenvalue weighted by Crippen LogP contribution is -2.17. The number of rotatable bonds is 9. The van der Waals surface area contributed by atoms with Crippen LogP contribution in [0.2, 0.25) is 0 Å². The molecule has 0 saturated carbocycles. The van der Waals surface area contributed by atoms with Crippen LogP contribution in [0, 0.1) is 5.92 Å². The summed E-state index contributed by atoms with van der Waals surface area (Å²) < 4.78 is 28.6. The van der Waals surface area contributed by atoms with Gasteiger partial charge >= 0.3 is 0 Å². The molecule has 1 amide bonds. The van der Waals surface area contributed by atoms with E-state index in [0.29, 0.717) is 36.9 Å². The molecule has 0 aromatic heterocycles. The summed E-state index contributed by atoms with van der Waals surface area (Å²) in [5.41, 5.74) is 1.16. The minimum atomic E-state index is -3.34. The van der Waals surface area contributed by atoms with Crippen molar-refractivity contribution in [2.45, 2.75) is 24.2 Å². The summed E-state index contributed by atoms with van der Waals surface area (Å²) in [7, 11) is -1.73. The zero-order chi connectivity index (χ0) is 18.3. The zero-order valence-corrected chi connectivity index (χ0v) is 16.8. The normalized spacial score (nSPS) is 16.8. The predicted molar refractivity (Wildman–Crippen MR) is 106 cm³/mol. The van der Waals surface area contributed by atoms with Crippen molar-refractivity contribution in [2.75, 3.05) is 50.2 Å². The van der Waals surface area contributed by atoms with Crippen LogP contribution < -0.4 is 16.0 Å². The van der Waals surface area contributed by atoms with Crippen molar-refractivity contribution in [3.8, 4) is 0 Å². The maximum absolute atomic E-state index is 12.3. The Labute approximate surface area is 161 Å². The maximum Gasteiger partial charge on any atom is 0.224 e. The molecule has 148 valence electrons. The number of carbonyl (C=O) groups is 1. The number of hydrogen-bond acceptors (Lipinski definition) is 6. The molecule has 1 heterocycles. The van der Waals surface area contributed by atoms with E-state index >= 15 is 0 Å². The Morgan fingerprint density at radius 1 is 1.35 bits per heavy atom. The molecule has 1 atom stereocenters. The number of nitrogens with one attached hydrogen (secondary N) is 3. The van der Waals surface area contributed by atoms with Gasteiger partial charge in [0.15, 0.2) is 9.84 Å². The third-order valence-electron chi connectivity index (χ3n) is 4.26. The van der Waals surface area contributed by atoms with Gasteiger partial charge in [-0.2, -0.15) is 0 Å². The molecule has 0 radical (unpaired) electrons. The molecule has 1 aliphatic heterocycles. The SMILES string of the molecule is COCCNc1ccc(S(C)(=O)=O)cc1NC(=O)CCC1CCNC1.Cl. The van der Waals surface area contributed by atoms with E-state index in [-0.39, 0.29) is 23.2 Å². The third kappa shape index (κ3) is 7.11. The second-order valence-electron chi connectivity index (χ2n) is 6.34.